The summed E-state index contributed by atoms with van der Waals surface area (Å²) >= 11 is 0. The van der Waals surface area contributed by atoms with Gasteiger partial charge in [-0.05, 0) is 63.5 Å². The van der Waals surface area contributed by atoms with E-state index in [4.69, 9.17) is 5.73 Å². The van der Waals surface area contributed by atoms with Crippen molar-refractivity contribution in [1.29, 1.82) is 0 Å². The first-order valence-corrected chi connectivity index (χ1v) is 9.31. The molecule has 22 heavy (non-hydrogen) atoms. The number of carbonyl (C=O) groups is 1. The molecule has 3 atom stereocenters. The lowest BCUT2D eigenvalue weighted by molar-refractivity contribution is -0.137. The second-order valence-electron chi connectivity index (χ2n) is 7.99. The Morgan fingerprint density at radius 2 is 1.91 bits per heavy atom. The molecule has 0 spiro atoms. The molecular weight excluding hydrogens is 274 g/mol. The van der Waals surface area contributed by atoms with Gasteiger partial charge in [-0.1, -0.05) is 13.3 Å². The molecule has 4 heteroatoms. The van der Waals surface area contributed by atoms with Crippen LogP contribution in [0.3, 0.4) is 0 Å². The van der Waals surface area contributed by atoms with E-state index >= 15 is 0 Å². The van der Waals surface area contributed by atoms with Crippen molar-refractivity contribution in [2.45, 2.75) is 51.5 Å². The SMILES string of the molecule is CCN(C)CC1CCN(C(=O)C2CC3CCCC(C2)C3N)C1. The number of fused-ring (bicyclic) bond motifs is 2. The maximum atomic E-state index is 12.9. The smallest absolute Gasteiger partial charge is 0.225 e. The lowest BCUT2D eigenvalue weighted by Crippen LogP contribution is -2.49. The monoisotopic (exact) mass is 307 g/mol. The van der Waals surface area contributed by atoms with Crippen LogP contribution in [0, 0.1) is 23.7 Å². The largest absolute Gasteiger partial charge is 0.342 e. The quantitative estimate of drug-likeness (QED) is 0.863. The molecule has 3 rings (SSSR count). The number of nitrogens with two attached hydrogens (primary N) is 1. The van der Waals surface area contributed by atoms with E-state index in [1.165, 1.54) is 25.7 Å². The number of carbonyl (C=O) groups excluding carboxylic acids is 1. The summed E-state index contributed by atoms with van der Waals surface area (Å²) in [5.41, 5.74) is 6.36. The summed E-state index contributed by atoms with van der Waals surface area (Å²) < 4.78 is 0. The molecule has 4 nitrogen and oxygen atoms in total. The van der Waals surface area contributed by atoms with Gasteiger partial charge in [-0.3, -0.25) is 4.79 Å². The van der Waals surface area contributed by atoms with Crippen molar-refractivity contribution in [1.82, 2.24) is 9.80 Å². The van der Waals surface area contributed by atoms with E-state index in [2.05, 4.69) is 23.8 Å². The van der Waals surface area contributed by atoms with Gasteiger partial charge in [0.25, 0.3) is 0 Å². The summed E-state index contributed by atoms with van der Waals surface area (Å²) in [5.74, 6) is 2.57. The van der Waals surface area contributed by atoms with Crippen LogP contribution in [-0.2, 0) is 4.79 Å². The molecule has 1 heterocycles. The zero-order valence-corrected chi connectivity index (χ0v) is 14.3. The molecule has 1 aliphatic heterocycles. The molecule has 2 N–H and O–H groups in total. The van der Waals surface area contributed by atoms with Crippen molar-refractivity contribution in [3.05, 3.63) is 0 Å². The summed E-state index contributed by atoms with van der Waals surface area (Å²) in [4.78, 5) is 17.4. The topological polar surface area (TPSA) is 49.6 Å². The number of likely N-dealkylation sites (tertiary alicyclic amines) is 1. The van der Waals surface area contributed by atoms with Gasteiger partial charge in [-0.25, -0.2) is 0 Å². The molecule has 2 aliphatic carbocycles. The van der Waals surface area contributed by atoms with Gasteiger partial charge in [-0.2, -0.15) is 0 Å². The Bertz CT molecular complexity index is 386. The van der Waals surface area contributed by atoms with Crippen molar-refractivity contribution in [3.63, 3.8) is 0 Å². The molecule has 0 aromatic carbocycles. The van der Waals surface area contributed by atoms with Gasteiger partial charge in [0.1, 0.15) is 0 Å². The van der Waals surface area contributed by atoms with E-state index < -0.39 is 0 Å². The van der Waals surface area contributed by atoms with E-state index in [1.54, 1.807) is 0 Å². The highest BCUT2D eigenvalue weighted by Crippen LogP contribution is 2.42. The molecule has 3 fully saturated rings. The third-order valence-electron chi connectivity index (χ3n) is 6.47. The minimum Gasteiger partial charge on any atom is -0.342 e. The van der Waals surface area contributed by atoms with Gasteiger partial charge in [-0.15, -0.1) is 0 Å². The van der Waals surface area contributed by atoms with Gasteiger partial charge >= 0.3 is 0 Å². The van der Waals surface area contributed by atoms with Crippen LogP contribution in [0.15, 0.2) is 0 Å². The van der Waals surface area contributed by atoms with Crippen LogP contribution in [0.2, 0.25) is 0 Å². The molecule has 126 valence electrons. The molecular formula is C18H33N3O. The number of nitrogens with zero attached hydrogens (tertiary/aromatic N) is 2. The maximum Gasteiger partial charge on any atom is 0.225 e. The Kier molecular flexibility index (Phi) is 5.08. The van der Waals surface area contributed by atoms with Crippen molar-refractivity contribution in [2.24, 2.45) is 29.4 Å². The molecule has 1 amide bonds. The van der Waals surface area contributed by atoms with Crippen LogP contribution in [0.25, 0.3) is 0 Å². The first-order chi connectivity index (χ1) is 10.6. The van der Waals surface area contributed by atoms with Crippen LogP contribution in [0.5, 0.6) is 0 Å². The van der Waals surface area contributed by atoms with E-state index in [1.807, 2.05) is 0 Å². The highest BCUT2D eigenvalue weighted by Gasteiger charge is 2.42. The fourth-order valence-electron chi connectivity index (χ4n) is 5.00. The van der Waals surface area contributed by atoms with Crippen LogP contribution in [0.4, 0.5) is 0 Å². The average molecular weight is 307 g/mol. The Hall–Kier alpha value is -0.610. The molecule has 2 saturated carbocycles. The third kappa shape index (κ3) is 3.33. The average Bonchev–Trinajstić information content (AvgIpc) is 2.94. The maximum absolute atomic E-state index is 12.9. The molecule has 3 aliphatic rings. The van der Waals surface area contributed by atoms with Gasteiger partial charge in [0, 0.05) is 31.6 Å². The molecule has 0 aromatic rings. The number of rotatable bonds is 4. The van der Waals surface area contributed by atoms with Gasteiger partial charge in [0.05, 0.1) is 0 Å². The van der Waals surface area contributed by atoms with Gasteiger partial charge in [0.2, 0.25) is 5.91 Å². The zero-order valence-electron chi connectivity index (χ0n) is 14.3. The molecule has 0 aromatic heterocycles. The number of hydrogen-bond donors (Lipinski definition) is 1. The Labute approximate surface area is 135 Å². The van der Waals surface area contributed by atoms with E-state index in [9.17, 15) is 4.79 Å². The van der Waals surface area contributed by atoms with Crippen molar-refractivity contribution >= 4 is 5.91 Å². The van der Waals surface area contributed by atoms with Crippen LogP contribution in [0.1, 0.15) is 45.4 Å². The van der Waals surface area contributed by atoms with Crippen LogP contribution >= 0.6 is 0 Å². The van der Waals surface area contributed by atoms with Crippen molar-refractivity contribution in [3.8, 4) is 0 Å². The minimum absolute atomic E-state index is 0.262. The summed E-state index contributed by atoms with van der Waals surface area (Å²) in [6.45, 7) is 6.36. The van der Waals surface area contributed by atoms with Crippen LogP contribution in [-0.4, -0.2) is 55.0 Å². The van der Waals surface area contributed by atoms with Crippen molar-refractivity contribution in [2.75, 3.05) is 33.2 Å². The summed E-state index contributed by atoms with van der Waals surface area (Å²) in [7, 11) is 2.17. The second-order valence-corrected chi connectivity index (χ2v) is 7.99. The lowest BCUT2D eigenvalue weighted by atomic mass is 9.65. The van der Waals surface area contributed by atoms with E-state index in [-0.39, 0.29) is 5.92 Å². The zero-order chi connectivity index (χ0) is 15.7. The predicted molar refractivity (Wildman–Crippen MR) is 89.4 cm³/mol. The summed E-state index contributed by atoms with van der Waals surface area (Å²) in [5, 5.41) is 0. The summed E-state index contributed by atoms with van der Waals surface area (Å²) in [6, 6.07) is 0.363. The first-order valence-electron chi connectivity index (χ1n) is 9.31. The summed E-state index contributed by atoms with van der Waals surface area (Å²) in [6.07, 6.45) is 7.07. The second kappa shape index (κ2) is 6.88. The predicted octanol–water partition coefficient (Wildman–Crippen LogP) is 1.94. The highest BCUT2D eigenvalue weighted by molar-refractivity contribution is 5.79. The lowest BCUT2D eigenvalue weighted by Gasteiger charge is -2.44. The number of amides is 1. The van der Waals surface area contributed by atoms with Gasteiger partial charge < -0.3 is 15.5 Å². The Morgan fingerprint density at radius 3 is 2.55 bits per heavy atom. The first kappa shape index (κ1) is 16.3. The molecule has 1 saturated heterocycles. The van der Waals surface area contributed by atoms with Crippen molar-refractivity contribution < 1.29 is 4.79 Å². The Balaban J connectivity index is 1.54. The molecule has 0 radical (unpaired) electrons. The number of hydrogen-bond acceptors (Lipinski definition) is 3. The van der Waals surface area contributed by atoms with E-state index in [0.717, 1.165) is 39.0 Å². The van der Waals surface area contributed by atoms with Gasteiger partial charge in [0.15, 0.2) is 0 Å². The highest BCUT2D eigenvalue weighted by atomic mass is 16.2. The third-order valence-corrected chi connectivity index (χ3v) is 6.47. The molecule has 2 bridgehead atoms. The standard InChI is InChI=1S/C18H33N3O/c1-3-20(2)11-13-7-8-21(12-13)18(22)16-9-14-5-4-6-15(10-16)17(14)19/h13-17H,3-12,19H2,1-2H3. The fourth-order valence-corrected chi connectivity index (χ4v) is 5.00. The van der Waals surface area contributed by atoms with E-state index in [0.29, 0.717) is 29.7 Å². The van der Waals surface area contributed by atoms with Crippen LogP contribution < -0.4 is 5.73 Å². The minimum atomic E-state index is 0.262. The fraction of sp³-hybridized carbons (Fsp3) is 0.944. The molecule has 3 unspecified atom stereocenters. The normalized spacial score (nSPS) is 38.5. The Morgan fingerprint density at radius 1 is 1.23 bits per heavy atom.